The van der Waals surface area contributed by atoms with E-state index in [1.807, 2.05) is 57.2 Å². The van der Waals surface area contributed by atoms with Crippen LogP contribution in [0.5, 0.6) is 5.75 Å². The Morgan fingerprint density at radius 2 is 1.71 bits per heavy atom. The standard InChI is InChI=1S/C19H23NO4/c1-19(2,3)20-17(21)12-24-18(22)10-13-5-6-15-11-16(23-4)8-7-14(15)9-13/h5-9,11H,10,12H2,1-4H3,(H,20,21). The van der Waals surface area contributed by atoms with Gasteiger partial charge in [-0.3, -0.25) is 9.59 Å². The molecule has 1 N–H and O–H groups in total. The molecule has 0 heterocycles. The fourth-order valence-electron chi connectivity index (χ4n) is 2.33. The fourth-order valence-corrected chi connectivity index (χ4v) is 2.33. The molecule has 0 radical (unpaired) electrons. The van der Waals surface area contributed by atoms with Crippen molar-refractivity contribution in [1.82, 2.24) is 5.32 Å². The van der Waals surface area contributed by atoms with Crippen molar-refractivity contribution in [1.29, 1.82) is 0 Å². The lowest BCUT2D eigenvalue weighted by molar-refractivity contribution is -0.148. The lowest BCUT2D eigenvalue weighted by atomic mass is 10.0. The van der Waals surface area contributed by atoms with Crippen LogP contribution in [0.2, 0.25) is 0 Å². The summed E-state index contributed by atoms with van der Waals surface area (Å²) in [6.45, 7) is 5.35. The summed E-state index contributed by atoms with van der Waals surface area (Å²) in [6.07, 6.45) is 0.130. The molecule has 0 aliphatic heterocycles. The molecule has 2 rings (SSSR count). The Kier molecular flexibility index (Phi) is 5.44. The van der Waals surface area contributed by atoms with E-state index in [1.165, 1.54) is 0 Å². The highest BCUT2D eigenvalue weighted by Crippen LogP contribution is 2.22. The van der Waals surface area contributed by atoms with Crippen LogP contribution in [0.3, 0.4) is 0 Å². The van der Waals surface area contributed by atoms with Crippen LogP contribution in [0, 0.1) is 0 Å². The van der Waals surface area contributed by atoms with Crippen molar-refractivity contribution in [3.05, 3.63) is 42.0 Å². The van der Waals surface area contributed by atoms with E-state index in [0.29, 0.717) is 0 Å². The molecule has 2 aromatic rings. The van der Waals surface area contributed by atoms with Crippen LogP contribution in [-0.2, 0) is 20.7 Å². The molecule has 2 aromatic carbocycles. The van der Waals surface area contributed by atoms with Crippen LogP contribution < -0.4 is 10.1 Å². The van der Waals surface area contributed by atoms with Crippen molar-refractivity contribution in [3.63, 3.8) is 0 Å². The minimum Gasteiger partial charge on any atom is -0.497 e. The first kappa shape index (κ1) is 17.8. The third-order valence-corrected chi connectivity index (χ3v) is 3.34. The first-order valence-electron chi connectivity index (χ1n) is 7.80. The summed E-state index contributed by atoms with van der Waals surface area (Å²) in [6, 6.07) is 11.5. The normalized spacial score (nSPS) is 11.2. The summed E-state index contributed by atoms with van der Waals surface area (Å²) in [5.41, 5.74) is 0.497. The molecule has 0 fully saturated rings. The Morgan fingerprint density at radius 3 is 2.38 bits per heavy atom. The van der Waals surface area contributed by atoms with E-state index in [1.54, 1.807) is 7.11 Å². The van der Waals surface area contributed by atoms with Gasteiger partial charge in [-0.2, -0.15) is 0 Å². The number of carbonyl (C=O) groups is 2. The molecule has 0 bridgehead atoms. The number of benzene rings is 2. The van der Waals surface area contributed by atoms with Crippen molar-refractivity contribution in [3.8, 4) is 5.75 Å². The number of fused-ring (bicyclic) bond motifs is 1. The molecule has 128 valence electrons. The summed E-state index contributed by atoms with van der Waals surface area (Å²) in [4.78, 5) is 23.5. The van der Waals surface area contributed by atoms with Crippen molar-refractivity contribution in [2.45, 2.75) is 32.7 Å². The van der Waals surface area contributed by atoms with Gasteiger partial charge >= 0.3 is 5.97 Å². The van der Waals surface area contributed by atoms with E-state index < -0.39 is 5.97 Å². The number of ether oxygens (including phenoxy) is 2. The number of methoxy groups -OCH3 is 1. The fraction of sp³-hybridized carbons (Fsp3) is 0.368. The number of amides is 1. The maximum Gasteiger partial charge on any atom is 0.310 e. The van der Waals surface area contributed by atoms with E-state index >= 15 is 0 Å². The van der Waals surface area contributed by atoms with Gasteiger partial charge in [-0.05, 0) is 49.2 Å². The third-order valence-electron chi connectivity index (χ3n) is 3.34. The van der Waals surface area contributed by atoms with Crippen LogP contribution in [0.1, 0.15) is 26.3 Å². The molecule has 0 aliphatic carbocycles. The van der Waals surface area contributed by atoms with Crippen LogP contribution in [0.15, 0.2) is 36.4 Å². The average molecular weight is 329 g/mol. The highest BCUT2D eigenvalue weighted by atomic mass is 16.5. The summed E-state index contributed by atoms with van der Waals surface area (Å²) in [5, 5.41) is 4.80. The number of carbonyl (C=O) groups excluding carboxylic acids is 2. The number of hydrogen-bond donors (Lipinski definition) is 1. The quantitative estimate of drug-likeness (QED) is 0.857. The number of rotatable bonds is 5. The Morgan fingerprint density at radius 1 is 1.04 bits per heavy atom. The van der Waals surface area contributed by atoms with Crippen molar-refractivity contribution in [2.75, 3.05) is 13.7 Å². The minimum absolute atomic E-state index is 0.130. The monoisotopic (exact) mass is 329 g/mol. The molecule has 5 heteroatoms. The van der Waals surface area contributed by atoms with Gasteiger partial charge in [0.25, 0.3) is 5.91 Å². The lowest BCUT2D eigenvalue weighted by Crippen LogP contribution is -2.42. The zero-order valence-electron chi connectivity index (χ0n) is 14.5. The zero-order valence-corrected chi connectivity index (χ0v) is 14.5. The Bertz CT molecular complexity index is 747. The molecule has 5 nitrogen and oxygen atoms in total. The van der Waals surface area contributed by atoms with Gasteiger partial charge < -0.3 is 14.8 Å². The molecule has 1 amide bonds. The van der Waals surface area contributed by atoms with Gasteiger partial charge in [-0.1, -0.05) is 24.3 Å². The van der Waals surface area contributed by atoms with E-state index in [4.69, 9.17) is 9.47 Å². The van der Waals surface area contributed by atoms with E-state index in [9.17, 15) is 9.59 Å². The number of hydrogen-bond acceptors (Lipinski definition) is 4. The maximum atomic E-state index is 11.9. The van der Waals surface area contributed by atoms with Gasteiger partial charge in [0.2, 0.25) is 0 Å². The molecule has 0 aromatic heterocycles. The second-order valence-electron chi connectivity index (χ2n) is 6.68. The topological polar surface area (TPSA) is 64.6 Å². The molecule has 0 spiro atoms. The van der Waals surface area contributed by atoms with Gasteiger partial charge in [0.1, 0.15) is 5.75 Å². The van der Waals surface area contributed by atoms with Crippen molar-refractivity contribution < 1.29 is 19.1 Å². The van der Waals surface area contributed by atoms with Crippen LogP contribution in [-0.4, -0.2) is 31.1 Å². The largest absolute Gasteiger partial charge is 0.497 e. The molecule has 0 saturated carbocycles. The predicted octanol–water partition coefficient (Wildman–Crippen LogP) is 2.85. The van der Waals surface area contributed by atoms with Crippen LogP contribution >= 0.6 is 0 Å². The maximum absolute atomic E-state index is 11.9. The summed E-state index contributed by atoms with van der Waals surface area (Å²) in [7, 11) is 1.63. The summed E-state index contributed by atoms with van der Waals surface area (Å²) < 4.78 is 10.2. The van der Waals surface area contributed by atoms with Gasteiger partial charge in [0.05, 0.1) is 13.5 Å². The summed E-state index contributed by atoms with van der Waals surface area (Å²) in [5.74, 6) is 0.0629. The first-order valence-corrected chi connectivity index (χ1v) is 7.80. The molecular formula is C19H23NO4. The molecule has 0 saturated heterocycles. The smallest absolute Gasteiger partial charge is 0.310 e. The molecule has 0 unspecified atom stereocenters. The average Bonchev–Trinajstić information content (AvgIpc) is 2.51. The zero-order chi connectivity index (χ0) is 17.7. The number of esters is 1. The molecule has 0 aliphatic rings. The highest BCUT2D eigenvalue weighted by Gasteiger charge is 2.15. The first-order chi connectivity index (χ1) is 11.3. The second-order valence-corrected chi connectivity index (χ2v) is 6.68. The summed E-state index contributed by atoms with van der Waals surface area (Å²) >= 11 is 0. The van der Waals surface area contributed by atoms with Crippen LogP contribution in [0.4, 0.5) is 0 Å². The van der Waals surface area contributed by atoms with E-state index in [2.05, 4.69) is 5.32 Å². The number of nitrogens with one attached hydrogen (secondary N) is 1. The van der Waals surface area contributed by atoms with Gasteiger partial charge in [-0.25, -0.2) is 0 Å². The lowest BCUT2D eigenvalue weighted by Gasteiger charge is -2.20. The SMILES string of the molecule is COc1ccc2cc(CC(=O)OCC(=O)NC(C)(C)C)ccc2c1. The van der Waals surface area contributed by atoms with Gasteiger partial charge in [-0.15, -0.1) is 0 Å². The second kappa shape index (κ2) is 7.34. The van der Waals surface area contributed by atoms with Crippen molar-refractivity contribution in [2.24, 2.45) is 0 Å². The Labute approximate surface area is 141 Å². The Balaban J connectivity index is 1.94. The van der Waals surface area contributed by atoms with Gasteiger partial charge in [0.15, 0.2) is 6.61 Å². The minimum atomic E-state index is -0.424. The predicted molar refractivity (Wildman–Crippen MR) is 93.1 cm³/mol. The third kappa shape index (κ3) is 5.26. The van der Waals surface area contributed by atoms with Gasteiger partial charge in [0, 0.05) is 5.54 Å². The Hall–Kier alpha value is -2.56. The highest BCUT2D eigenvalue weighted by molar-refractivity contribution is 5.86. The van der Waals surface area contributed by atoms with E-state index in [-0.39, 0.29) is 24.5 Å². The molecule has 0 atom stereocenters. The van der Waals surface area contributed by atoms with Crippen molar-refractivity contribution >= 4 is 22.6 Å². The van der Waals surface area contributed by atoms with Crippen LogP contribution in [0.25, 0.3) is 10.8 Å². The van der Waals surface area contributed by atoms with E-state index in [0.717, 1.165) is 22.1 Å². The molecule has 24 heavy (non-hydrogen) atoms. The molecular weight excluding hydrogens is 306 g/mol.